The smallest absolute Gasteiger partial charge is 0.416 e. The van der Waals surface area contributed by atoms with E-state index >= 15 is 0 Å². The summed E-state index contributed by atoms with van der Waals surface area (Å²) in [6, 6.07) is 4.06. The van der Waals surface area contributed by atoms with E-state index in [4.69, 9.17) is 4.74 Å². The fraction of sp³-hybridized carbons (Fsp3) is 0.421. The topological polar surface area (TPSA) is 67.3 Å². The molecule has 1 fully saturated rings. The summed E-state index contributed by atoms with van der Waals surface area (Å²) >= 11 is 0. The zero-order chi connectivity index (χ0) is 21.0. The summed E-state index contributed by atoms with van der Waals surface area (Å²) in [5.74, 6) is -0.682. The molecule has 0 aliphatic carbocycles. The Kier molecular flexibility index (Phi) is 6.19. The number of anilines is 1. The van der Waals surface area contributed by atoms with Gasteiger partial charge in [0, 0.05) is 37.8 Å². The summed E-state index contributed by atoms with van der Waals surface area (Å²) in [7, 11) is 1.51. The summed E-state index contributed by atoms with van der Waals surface area (Å²) in [4.78, 5) is 22.8. The van der Waals surface area contributed by atoms with Gasteiger partial charge in [-0.1, -0.05) is 6.07 Å². The molecule has 1 saturated heterocycles. The van der Waals surface area contributed by atoms with Crippen LogP contribution in [0.4, 0.5) is 23.5 Å². The van der Waals surface area contributed by atoms with Gasteiger partial charge >= 0.3 is 6.18 Å². The van der Waals surface area contributed by atoms with Gasteiger partial charge in [-0.25, -0.2) is 9.37 Å². The summed E-state index contributed by atoms with van der Waals surface area (Å²) in [6.45, 7) is 0.762. The van der Waals surface area contributed by atoms with E-state index in [1.807, 2.05) is 4.90 Å². The lowest BCUT2D eigenvalue weighted by Gasteiger charge is -2.31. The minimum Gasteiger partial charge on any atom is -0.481 e. The van der Waals surface area contributed by atoms with Crippen LogP contribution in [0.5, 0.6) is 5.88 Å². The number of piperidine rings is 1. The van der Waals surface area contributed by atoms with Gasteiger partial charge in [-0.05, 0) is 30.5 Å². The SMILES string of the molecule is COc1ccnc(N2CCC(C(=O)NCc3ccc(F)cc3C(F)(F)F)CC2)n1. The fourth-order valence-electron chi connectivity index (χ4n) is 3.23. The molecule has 3 rings (SSSR count). The number of methoxy groups -OCH3 is 1. The van der Waals surface area contributed by atoms with Crippen LogP contribution < -0.4 is 15.0 Å². The first-order valence-electron chi connectivity index (χ1n) is 9.03. The van der Waals surface area contributed by atoms with Crippen molar-refractivity contribution < 1.29 is 27.1 Å². The van der Waals surface area contributed by atoms with Crippen LogP contribution >= 0.6 is 0 Å². The fourth-order valence-corrected chi connectivity index (χ4v) is 3.23. The largest absolute Gasteiger partial charge is 0.481 e. The van der Waals surface area contributed by atoms with Crippen molar-refractivity contribution in [2.45, 2.75) is 25.6 Å². The molecule has 156 valence electrons. The number of amides is 1. The minimum absolute atomic E-state index is 0.172. The normalized spacial score (nSPS) is 15.3. The number of rotatable bonds is 5. The highest BCUT2D eigenvalue weighted by molar-refractivity contribution is 5.79. The lowest BCUT2D eigenvalue weighted by molar-refractivity contribution is -0.138. The molecule has 1 aromatic heterocycles. The number of hydrogen-bond acceptors (Lipinski definition) is 5. The van der Waals surface area contributed by atoms with E-state index in [0.29, 0.717) is 43.8 Å². The predicted molar refractivity (Wildman–Crippen MR) is 96.8 cm³/mol. The Labute approximate surface area is 164 Å². The molecule has 1 aromatic carbocycles. The second-order valence-corrected chi connectivity index (χ2v) is 6.68. The van der Waals surface area contributed by atoms with Crippen LogP contribution in [0.3, 0.4) is 0 Å². The van der Waals surface area contributed by atoms with Gasteiger partial charge in [0.25, 0.3) is 0 Å². The van der Waals surface area contributed by atoms with Crippen LogP contribution in [0.2, 0.25) is 0 Å². The molecule has 6 nitrogen and oxygen atoms in total. The van der Waals surface area contributed by atoms with Crippen molar-refractivity contribution in [3.63, 3.8) is 0 Å². The molecule has 1 aliphatic heterocycles. The summed E-state index contributed by atoms with van der Waals surface area (Å²) in [6.07, 6.45) is -2.07. The quantitative estimate of drug-likeness (QED) is 0.765. The zero-order valence-electron chi connectivity index (χ0n) is 15.7. The third-order valence-corrected chi connectivity index (χ3v) is 4.81. The third-order valence-electron chi connectivity index (χ3n) is 4.81. The molecule has 0 spiro atoms. The Morgan fingerprint density at radius 1 is 1.28 bits per heavy atom. The van der Waals surface area contributed by atoms with Crippen LogP contribution in [0.1, 0.15) is 24.0 Å². The molecular formula is C19H20F4N4O2. The van der Waals surface area contributed by atoms with Gasteiger partial charge in [0.15, 0.2) is 0 Å². The summed E-state index contributed by atoms with van der Waals surface area (Å²) in [5, 5.41) is 2.54. The first-order chi connectivity index (χ1) is 13.8. The second kappa shape index (κ2) is 8.62. The first kappa shape index (κ1) is 20.8. The highest BCUT2D eigenvalue weighted by Gasteiger charge is 2.34. The van der Waals surface area contributed by atoms with Crippen LogP contribution in [0.15, 0.2) is 30.5 Å². The Hall–Kier alpha value is -2.91. The van der Waals surface area contributed by atoms with Crippen molar-refractivity contribution in [3.8, 4) is 5.88 Å². The number of hydrogen-bond donors (Lipinski definition) is 1. The Balaban J connectivity index is 1.57. The van der Waals surface area contributed by atoms with Gasteiger partial charge in [0.1, 0.15) is 5.82 Å². The minimum atomic E-state index is -4.69. The molecule has 1 aliphatic rings. The molecule has 2 aromatic rings. The van der Waals surface area contributed by atoms with Gasteiger partial charge < -0.3 is 15.0 Å². The van der Waals surface area contributed by atoms with E-state index in [0.717, 1.165) is 12.1 Å². The van der Waals surface area contributed by atoms with Crippen LogP contribution in [0, 0.1) is 11.7 Å². The zero-order valence-corrected chi connectivity index (χ0v) is 15.7. The molecule has 0 bridgehead atoms. The van der Waals surface area contributed by atoms with Gasteiger partial charge in [-0.2, -0.15) is 18.2 Å². The average molecular weight is 412 g/mol. The van der Waals surface area contributed by atoms with Crippen molar-refractivity contribution in [2.75, 3.05) is 25.1 Å². The maximum absolute atomic E-state index is 13.2. The van der Waals surface area contributed by atoms with E-state index < -0.39 is 17.6 Å². The number of carbonyl (C=O) groups excluding carboxylic acids is 1. The van der Waals surface area contributed by atoms with Gasteiger partial charge in [-0.3, -0.25) is 4.79 Å². The molecule has 0 unspecified atom stereocenters. The number of aromatic nitrogens is 2. The van der Waals surface area contributed by atoms with Crippen molar-refractivity contribution in [3.05, 3.63) is 47.4 Å². The average Bonchev–Trinajstić information content (AvgIpc) is 2.72. The Bertz CT molecular complexity index is 868. The Morgan fingerprint density at radius 3 is 2.66 bits per heavy atom. The predicted octanol–water partition coefficient (Wildman–Crippen LogP) is 3.18. The van der Waals surface area contributed by atoms with Crippen molar-refractivity contribution in [2.24, 2.45) is 5.92 Å². The molecule has 10 heteroatoms. The summed E-state index contributed by atoms with van der Waals surface area (Å²) in [5.41, 5.74) is -1.25. The molecule has 1 amide bonds. The van der Waals surface area contributed by atoms with E-state index in [2.05, 4.69) is 15.3 Å². The number of benzene rings is 1. The third kappa shape index (κ3) is 5.12. The van der Waals surface area contributed by atoms with E-state index in [9.17, 15) is 22.4 Å². The van der Waals surface area contributed by atoms with Gasteiger partial charge in [-0.15, -0.1) is 0 Å². The summed E-state index contributed by atoms with van der Waals surface area (Å²) < 4.78 is 57.4. The van der Waals surface area contributed by atoms with Gasteiger partial charge in [0.2, 0.25) is 17.7 Å². The van der Waals surface area contributed by atoms with Crippen molar-refractivity contribution in [1.82, 2.24) is 15.3 Å². The highest BCUT2D eigenvalue weighted by Crippen LogP contribution is 2.32. The van der Waals surface area contributed by atoms with Crippen LogP contribution in [-0.4, -0.2) is 36.1 Å². The van der Waals surface area contributed by atoms with E-state index in [1.165, 1.54) is 7.11 Å². The molecular weight excluding hydrogens is 392 g/mol. The van der Waals surface area contributed by atoms with Crippen molar-refractivity contribution >= 4 is 11.9 Å². The number of ether oxygens (including phenoxy) is 1. The van der Waals surface area contributed by atoms with Crippen LogP contribution in [-0.2, 0) is 17.5 Å². The van der Waals surface area contributed by atoms with Gasteiger partial charge in [0.05, 0.1) is 12.7 Å². The second-order valence-electron chi connectivity index (χ2n) is 6.68. The molecule has 1 N–H and O–H groups in total. The standard InChI is InChI=1S/C19H20F4N4O2/c1-29-16-4-7-24-18(26-16)27-8-5-12(6-9-27)17(28)25-11-13-2-3-14(20)10-15(13)19(21,22)23/h2-4,7,10,12H,5-6,8-9,11H2,1H3,(H,25,28). The van der Waals surface area contributed by atoms with E-state index in [1.54, 1.807) is 12.3 Å². The maximum Gasteiger partial charge on any atom is 0.416 e. The number of nitrogens with one attached hydrogen (secondary N) is 1. The maximum atomic E-state index is 13.2. The first-order valence-corrected chi connectivity index (χ1v) is 9.03. The Morgan fingerprint density at radius 2 is 2.00 bits per heavy atom. The monoisotopic (exact) mass is 412 g/mol. The van der Waals surface area contributed by atoms with Crippen molar-refractivity contribution in [1.29, 1.82) is 0 Å². The molecule has 29 heavy (non-hydrogen) atoms. The molecule has 0 radical (unpaired) electrons. The van der Waals surface area contributed by atoms with Crippen LogP contribution in [0.25, 0.3) is 0 Å². The molecule has 0 atom stereocenters. The number of alkyl halides is 3. The van der Waals surface area contributed by atoms with E-state index in [-0.39, 0.29) is 23.9 Å². The lowest BCUT2D eigenvalue weighted by Crippen LogP contribution is -2.41. The lowest BCUT2D eigenvalue weighted by atomic mass is 9.96. The molecule has 2 heterocycles. The number of carbonyl (C=O) groups is 1. The highest BCUT2D eigenvalue weighted by atomic mass is 19.4. The molecule has 0 saturated carbocycles. The number of halogens is 4. The number of nitrogens with zero attached hydrogens (tertiary/aromatic N) is 3.